The first-order chi connectivity index (χ1) is 21.2. The molecule has 45 heavy (non-hydrogen) atoms. The van der Waals surface area contributed by atoms with Crippen LogP contribution in [-0.2, 0) is 38.8 Å². The Kier molecular flexibility index (Phi) is 11.4. The van der Waals surface area contributed by atoms with Gasteiger partial charge in [0.1, 0.15) is 12.6 Å². The van der Waals surface area contributed by atoms with Crippen LogP contribution in [-0.4, -0.2) is 50.0 Å². The summed E-state index contributed by atoms with van der Waals surface area (Å²) in [6.45, 7) is -0.971. The lowest BCUT2D eigenvalue weighted by molar-refractivity contribution is -0.140. The molecule has 242 valence electrons. The zero-order chi connectivity index (χ0) is 32.8. The molecule has 1 atom stereocenters. The molecule has 1 saturated carbocycles. The Bertz CT molecular complexity index is 1600. The predicted molar refractivity (Wildman–Crippen MR) is 170 cm³/mol. The van der Waals surface area contributed by atoms with E-state index in [0.29, 0.717) is 21.0 Å². The van der Waals surface area contributed by atoms with Gasteiger partial charge in [-0.2, -0.15) is 13.2 Å². The Morgan fingerprint density at radius 1 is 0.933 bits per heavy atom. The van der Waals surface area contributed by atoms with Crippen molar-refractivity contribution in [2.45, 2.75) is 63.3 Å². The van der Waals surface area contributed by atoms with Crippen molar-refractivity contribution >= 4 is 50.7 Å². The highest BCUT2D eigenvalue weighted by molar-refractivity contribution is 7.92. The molecule has 0 saturated heterocycles. The fourth-order valence-electron chi connectivity index (χ4n) is 5.43. The van der Waals surface area contributed by atoms with Crippen molar-refractivity contribution < 1.29 is 31.2 Å². The van der Waals surface area contributed by atoms with Crippen molar-refractivity contribution in [2.24, 2.45) is 0 Å². The number of amides is 2. The SMILES string of the molecule is CS(=O)(=O)N(CC(=O)N(Cc1cccc(Cl)c1)C(Cc1ccccc1)C(=O)NC1CCCCC1)c1ccc(Cl)c(C(F)(F)F)c1. The Labute approximate surface area is 271 Å². The van der Waals surface area contributed by atoms with Gasteiger partial charge in [0.05, 0.1) is 22.5 Å². The molecule has 7 nitrogen and oxygen atoms in total. The molecule has 1 fully saturated rings. The Morgan fingerprint density at radius 2 is 1.60 bits per heavy atom. The van der Waals surface area contributed by atoms with Crippen LogP contribution in [0, 0.1) is 0 Å². The van der Waals surface area contributed by atoms with Crippen LogP contribution in [0.25, 0.3) is 0 Å². The summed E-state index contributed by atoms with van der Waals surface area (Å²) < 4.78 is 67.5. The molecule has 1 aliphatic carbocycles. The third-order valence-electron chi connectivity index (χ3n) is 7.69. The fraction of sp³-hybridized carbons (Fsp3) is 0.375. The minimum Gasteiger partial charge on any atom is -0.352 e. The average Bonchev–Trinajstić information content (AvgIpc) is 2.98. The summed E-state index contributed by atoms with van der Waals surface area (Å²) in [6.07, 6.45) is 0.633. The zero-order valence-electron chi connectivity index (χ0n) is 24.6. The number of halogens is 5. The topological polar surface area (TPSA) is 86.8 Å². The number of benzene rings is 3. The second-order valence-electron chi connectivity index (χ2n) is 11.1. The van der Waals surface area contributed by atoms with E-state index in [4.69, 9.17) is 23.2 Å². The molecule has 13 heteroatoms. The first-order valence-corrected chi connectivity index (χ1v) is 17.1. The molecule has 1 unspecified atom stereocenters. The number of carbonyl (C=O) groups excluding carboxylic acids is 2. The van der Waals surface area contributed by atoms with Crippen molar-refractivity contribution in [1.29, 1.82) is 0 Å². The van der Waals surface area contributed by atoms with Gasteiger partial charge in [0, 0.05) is 24.0 Å². The summed E-state index contributed by atoms with van der Waals surface area (Å²) >= 11 is 12.0. The number of sulfonamides is 1. The molecule has 1 N–H and O–H groups in total. The number of rotatable bonds is 11. The molecule has 2 amide bonds. The molecule has 0 bridgehead atoms. The summed E-state index contributed by atoms with van der Waals surface area (Å²) in [5.74, 6) is -1.19. The number of nitrogens with one attached hydrogen (secondary N) is 1. The summed E-state index contributed by atoms with van der Waals surface area (Å²) in [6, 6.07) is 17.2. The molecule has 0 aromatic heterocycles. The van der Waals surface area contributed by atoms with Gasteiger partial charge in [-0.15, -0.1) is 0 Å². The summed E-state index contributed by atoms with van der Waals surface area (Å²) in [7, 11) is -4.28. The normalized spacial score (nSPS) is 14.9. The van der Waals surface area contributed by atoms with Crippen molar-refractivity contribution in [3.05, 3.63) is 99.5 Å². The van der Waals surface area contributed by atoms with E-state index >= 15 is 0 Å². The number of anilines is 1. The summed E-state index contributed by atoms with van der Waals surface area (Å²) in [5, 5.41) is 2.87. The average molecular weight is 685 g/mol. The summed E-state index contributed by atoms with van der Waals surface area (Å²) in [4.78, 5) is 29.4. The first kappa shape index (κ1) is 34.6. The van der Waals surface area contributed by atoms with E-state index in [1.807, 2.05) is 18.2 Å². The smallest absolute Gasteiger partial charge is 0.352 e. The molecule has 0 radical (unpaired) electrons. The molecule has 0 spiro atoms. The minimum atomic E-state index is -4.86. The van der Waals surface area contributed by atoms with Gasteiger partial charge in [0.25, 0.3) is 0 Å². The lowest BCUT2D eigenvalue weighted by Gasteiger charge is -2.35. The van der Waals surface area contributed by atoms with Crippen LogP contribution in [0.15, 0.2) is 72.8 Å². The van der Waals surface area contributed by atoms with Crippen LogP contribution in [0.3, 0.4) is 0 Å². The van der Waals surface area contributed by atoms with E-state index in [0.717, 1.165) is 56.1 Å². The molecule has 0 aliphatic heterocycles. The van der Waals surface area contributed by atoms with E-state index in [9.17, 15) is 31.2 Å². The molecule has 3 aromatic carbocycles. The van der Waals surface area contributed by atoms with Gasteiger partial charge in [-0.05, 0) is 54.3 Å². The van der Waals surface area contributed by atoms with Crippen LogP contribution >= 0.6 is 23.2 Å². The third kappa shape index (κ3) is 9.61. The fourth-order valence-corrected chi connectivity index (χ4v) is 6.71. The van der Waals surface area contributed by atoms with Crippen LogP contribution in [0.4, 0.5) is 18.9 Å². The van der Waals surface area contributed by atoms with Crippen LogP contribution in [0.2, 0.25) is 10.0 Å². The van der Waals surface area contributed by atoms with E-state index in [2.05, 4.69) is 5.32 Å². The zero-order valence-corrected chi connectivity index (χ0v) is 26.9. The largest absolute Gasteiger partial charge is 0.417 e. The second kappa shape index (κ2) is 14.9. The Balaban J connectivity index is 1.76. The number of hydrogen-bond donors (Lipinski definition) is 1. The Hall–Kier alpha value is -3.28. The highest BCUT2D eigenvalue weighted by Crippen LogP contribution is 2.37. The molecular formula is C32H34Cl2F3N3O4S. The quantitative estimate of drug-likeness (QED) is 0.239. The number of hydrogen-bond acceptors (Lipinski definition) is 4. The highest BCUT2D eigenvalue weighted by Gasteiger charge is 2.37. The predicted octanol–water partition coefficient (Wildman–Crippen LogP) is 6.87. The van der Waals surface area contributed by atoms with Gasteiger partial charge in [-0.3, -0.25) is 13.9 Å². The van der Waals surface area contributed by atoms with Crippen LogP contribution in [0.1, 0.15) is 48.8 Å². The standard InChI is InChI=1S/C32H34Cl2F3N3O4S/c1-45(43,44)40(26-15-16-28(34)27(19-26)32(35,36)37)21-30(41)39(20-23-11-8-12-24(33)17-23)29(18-22-9-4-2-5-10-22)31(42)38-25-13-6-3-7-14-25/h2,4-5,8-12,15-17,19,25,29H,3,6-7,13-14,18,20-21H2,1H3,(H,38,42). The minimum absolute atomic E-state index is 0.0741. The van der Waals surface area contributed by atoms with E-state index in [-0.39, 0.29) is 19.0 Å². The van der Waals surface area contributed by atoms with Gasteiger partial charge in [-0.1, -0.05) is 84.9 Å². The first-order valence-electron chi connectivity index (χ1n) is 14.4. The van der Waals surface area contributed by atoms with Gasteiger partial charge in [0.2, 0.25) is 21.8 Å². The van der Waals surface area contributed by atoms with Crippen molar-refractivity contribution in [1.82, 2.24) is 10.2 Å². The summed E-state index contributed by atoms with van der Waals surface area (Å²) in [5.41, 5.74) is -0.294. The lowest BCUT2D eigenvalue weighted by Crippen LogP contribution is -2.55. The van der Waals surface area contributed by atoms with Crippen LogP contribution < -0.4 is 9.62 Å². The van der Waals surface area contributed by atoms with Gasteiger partial charge in [-0.25, -0.2) is 8.42 Å². The highest BCUT2D eigenvalue weighted by atomic mass is 35.5. The van der Waals surface area contributed by atoms with E-state index in [1.54, 1.807) is 36.4 Å². The lowest BCUT2D eigenvalue weighted by atomic mass is 9.94. The molecule has 1 aliphatic rings. The molecule has 4 rings (SSSR count). The van der Waals surface area contributed by atoms with E-state index < -0.39 is 56.9 Å². The van der Waals surface area contributed by atoms with Gasteiger partial charge >= 0.3 is 6.18 Å². The van der Waals surface area contributed by atoms with Crippen molar-refractivity contribution in [2.75, 3.05) is 17.1 Å². The third-order valence-corrected chi connectivity index (χ3v) is 9.39. The van der Waals surface area contributed by atoms with Gasteiger partial charge < -0.3 is 10.2 Å². The monoisotopic (exact) mass is 683 g/mol. The van der Waals surface area contributed by atoms with E-state index in [1.165, 1.54) is 4.90 Å². The second-order valence-corrected chi connectivity index (χ2v) is 13.9. The number of alkyl halides is 3. The number of nitrogens with zero attached hydrogens (tertiary/aromatic N) is 2. The van der Waals surface area contributed by atoms with Crippen LogP contribution in [0.5, 0.6) is 0 Å². The maximum absolute atomic E-state index is 14.2. The van der Waals surface area contributed by atoms with Crippen molar-refractivity contribution in [3.63, 3.8) is 0 Å². The number of carbonyl (C=O) groups is 2. The maximum atomic E-state index is 14.2. The Morgan fingerprint density at radius 3 is 2.22 bits per heavy atom. The molecular weight excluding hydrogens is 650 g/mol. The maximum Gasteiger partial charge on any atom is 0.417 e. The van der Waals surface area contributed by atoms with Crippen molar-refractivity contribution in [3.8, 4) is 0 Å². The molecule has 3 aromatic rings. The van der Waals surface area contributed by atoms with Gasteiger partial charge in [0.15, 0.2) is 0 Å². The molecule has 0 heterocycles.